The fourth-order valence-electron chi connectivity index (χ4n) is 2.68. The van der Waals surface area contributed by atoms with Gasteiger partial charge in [-0.25, -0.2) is 0 Å². The molecule has 3 nitrogen and oxygen atoms in total. The summed E-state index contributed by atoms with van der Waals surface area (Å²) in [6.07, 6.45) is 3.80. The molecule has 2 N–H and O–H groups in total. The van der Waals surface area contributed by atoms with Crippen LogP contribution in [0.15, 0.2) is 30.3 Å². The van der Waals surface area contributed by atoms with E-state index in [1.807, 2.05) is 6.07 Å². The lowest BCUT2D eigenvalue weighted by Gasteiger charge is -2.26. The van der Waals surface area contributed by atoms with E-state index >= 15 is 0 Å². The second-order valence-corrected chi connectivity index (χ2v) is 5.28. The van der Waals surface area contributed by atoms with Crippen molar-refractivity contribution in [3.63, 3.8) is 0 Å². The molecular formula is C16H21N3. The molecule has 0 radical (unpaired) electrons. The van der Waals surface area contributed by atoms with Crippen molar-refractivity contribution in [1.29, 1.82) is 0 Å². The van der Waals surface area contributed by atoms with Gasteiger partial charge >= 0.3 is 0 Å². The van der Waals surface area contributed by atoms with E-state index in [4.69, 9.17) is 5.73 Å². The zero-order valence-corrected chi connectivity index (χ0v) is 11.5. The standard InChI is InChI=1S/C16H21N3/c1-2-9-19(13-7-8-13)16-10-12(11-17)18-15-6-4-3-5-14(15)16/h3-6,10,13H,2,7-9,11,17H2,1H3. The van der Waals surface area contributed by atoms with Gasteiger partial charge in [-0.3, -0.25) is 4.98 Å². The highest BCUT2D eigenvalue weighted by Gasteiger charge is 2.29. The summed E-state index contributed by atoms with van der Waals surface area (Å²) in [5.41, 5.74) is 9.15. The Hall–Kier alpha value is -1.61. The van der Waals surface area contributed by atoms with Crippen molar-refractivity contribution in [2.45, 2.75) is 38.8 Å². The lowest BCUT2D eigenvalue weighted by atomic mass is 10.1. The van der Waals surface area contributed by atoms with Crippen LogP contribution in [0.2, 0.25) is 0 Å². The SMILES string of the molecule is CCCN(c1cc(CN)nc2ccccc12)C1CC1. The molecule has 0 atom stereocenters. The number of nitrogens with two attached hydrogens (primary N) is 1. The minimum atomic E-state index is 0.502. The predicted molar refractivity (Wildman–Crippen MR) is 80.3 cm³/mol. The molecule has 100 valence electrons. The average molecular weight is 255 g/mol. The van der Waals surface area contributed by atoms with Crippen molar-refractivity contribution in [3.05, 3.63) is 36.0 Å². The molecule has 1 aromatic heterocycles. The Morgan fingerprint density at radius 2 is 2.11 bits per heavy atom. The van der Waals surface area contributed by atoms with Crippen LogP contribution in [-0.4, -0.2) is 17.6 Å². The Morgan fingerprint density at radius 3 is 2.79 bits per heavy atom. The highest BCUT2D eigenvalue weighted by Crippen LogP contribution is 2.35. The monoisotopic (exact) mass is 255 g/mol. The largest absolute Gasteiger partial charge is 0.368 e. The molecule has 1 heterocycles. The molecule has 2 aromatic rings. The van der Waals surface area contributed by atoms with Gasteiger partial charge in [-0.15, -0.1) is 0 Å². The second-order valence-electron chi connectivity index (χ2n) is 5.28. The van der Waals surface area contributed by atoms with E-state index < -0.39 is 0 Å². The number of nitrogens with zero attached hydrogens (tertiary/aromatic N) is 2. The highest BCUT2D eigenvalue weighted by atomic mass is 15.2. The molecule has 0 spiro atoms. The van der Waals surface area contributed by atoms with Crippen LogP contribution >= 0.6 is 0 Å². The van der Waals surface area contributed by atoms with Crippen LogP contribution in [0, 0.1) is 0 Å². The zero-order valence-electron chi connectivity index (χ0n) is 11.5. The van der Waals surface area contributed by atoms with Crippen LogP contribution in [-0.2, 0) is 6.54 Å². The van der Waals surface area contributed by atoms with Crippen molar-refractivity contribution >= 4 is 16.6 Å². The molecular weight excluding hydrogens is 234 g/mol. The number of fused-ring (bicyclic) bond motifs is 1. The third-order valence-electron chi connectivity index (χ3n) is 3.72. The summed E-state index contributed by atoms with van der Waals surface area (Å²) in [7, 11) is 0. The maximum atomic E-state index is 5.79. The van der Waals surface area contributed by atoms with Crippen LogP contribution in [0.1, 0.15) is 31.9 Å². The van der Waals surface area contributed by atoms with E-state index in [2.05, 4.69) is 41.1 Å². The van der Waals surface area contributed by atoms with Gasteiger partial charge in [0.15, 0.2) is 0 Å². The number of para-hydroxylation sites is 1. The highest BCUT2D eigenvalue weighted by molar-refractivity contribution is 5.92. The van der Waals surface area contributed by atoms with Crippen LogP contribution in [0.25, 0.3) is 10.9 Å². The number of hydrogen-bond donors (Lipinski definition) is 1. The summed E-state index contributed by atoms with van der Waals surface area (Å²) in [6.45, 7) is 3.85. The predicted octanol–water partition coefficient (Wildman–Crippen LogP) is 3.07. The van der Waals surface area contributed by atoms with Gasteiger partial charge < -0.3 is 10.6 Å². The van der Waals surface area contributed by atoms with Crippen LogP contribution in [0.5, 0.6) is 0 Å². The third kappa shape index (κ3) is 2.43. The molecule has 0 saturated heterocycles. The van der Waals surface area contributed by atoms with E-state index in [9.17, 15) is 0 Å². The molecule has 0 unspecified atom stereocenters. The van der Waals surface area contributed by atoms with Crippen molar-refractivity contribution in [2.75, 3.05) is 11.4 Å². The Kier molecular flexibility index (Phi) is 3.38. The molecule has 1 fully saturated rings. The first kappa shape index (κ1) is 12.4. The lowest BCUT2D eigenvalue weighted by Crippen LogP contribution is -2.27. The first-order valence-electron chi connectivity index (χ1n) is 7.19. The van der Waals surface area contributed by atoms with E-state index in [0.717, 1.165) is 23.8 Å². The van der Waals surface area contributed by atoms with Crippen LogP contribution < -0.4 is 10.6 Å². The second kappa shape index (κ2) is 5.17. The minimum Gasteiger partial charge on any atom is -0.368 e. The Morgan fingerprint density at radius 1 is 1.32 bits per heavy atom. The van der Waals surface area contributed by atoms with Crippen molar-refractivity contribution in [3.8, 4) is 0 Å². The number of anilines is 1. The van der Waals surface area contributed by atoms with Gasteiger partial charge in [0.25, 0.3) is 0 Å². The quantitative estimate of drug-likeness (QED) is 0.892. The third-order valence-corrected chi connectivity index (χ3v) is 3.72. The number of rotatable bonds is 5. The molecule has 0 amide bonds. The Bertz CT molecular complexity index is 575. The molecule has 19 heavy (non-hydrogen) atoms. The number of benzene rings is 1. The number of pyridine rings is 1. The summed E-state index contributed by atoms with van der Waals surface area (Å²) >= 11 is 0. The molecule has 1 aliphatic rings. The van der Waals surface area contributed by atoms with Crippen LogP contribution in [0.3, 0.4) is 0 Å². The van der Waals surface area contributed by atoms with Gasteiger partial charge in [0.05, 0.1) is 11.2 Å². The van der Waals surface area contributed by atoms with Gasteiger partial charge in [0.2, 0.25) is 0 Å². The minimum absolute atomic E-state index is 0.502. The van der Waals surface area contributed by atoms with E-state index in [1.54, 1.807) is 0 Å². The smallest absolute Gasteiger partial charge is 0.0726 e. The molecule has 1 aliphatic carbocycles. The zero-order chi connectivity index (χ0) is 13.2. The lowest BCUT2D eigenvalue weighted by molar-refractivity contribution is 0.764. The molecule has 1 aromatic carbocycles. The van der Waals surface area contributed by atoms with Crippen molar-refractivity contribution in [1.82, 2.24) is 4.98 Å². The fraction of sp³-hybridized carbons (Fsp3) is 0.438. The first-order chi connectivity index (χ1) is 9.33. The summed E-state index contributed by atoms with van der Waals surface area (Å²) < 4.78 is 0. The van der Waals surface area contributed by atoms with E-state index in [0.29, 0.717) is 6.54 Å². The Balaban J connectivity index is 2.13. The van der Waals surface area contributed by atoms with E-state index in [1.165, 1.54) is 30.3 Å². The molecule has 3 rings (SSSR count). The Labute approximate surface area is 114 Å². The topological polar surface area (TPSA) is 42.1 Å². The molecule has 1 saturated carbocycles. The van der Waals surface area contributed by atoms with Crippen LogP contribution in [0.4, 0.5) is 5.69 Å². The summed E-state index contributed by atoms with van der Waals surface area (Å²) in [5, 5.41) is 1.25. The van der Waals surface area contributed by atoms with Gasteiger partial charge in [-0.2, -0.15) is 0 Å². The van der Waals surface area contributed by atoms with Gasteiger partial charge in [-0.05, 0) is 31.4 Å². The molecule has 0 aliphatic heterocycles. The number of hydrogen-bond acceptors (Lipinski definition) is 3. The summed E-state index contributed by atoms with van der Waals surface area (Å²) in [6, 6.07) is 11.3. The average Bonchev–Trinajstić information content (AvgIpc) is 3.28. The van der Waals surface area contributed by atoms with Gasteiger partial charge in [0, 0.05) is 30.2 Å². The van der Waals surface area contributed by atoms with E-state index in [-0.39, 0.29) is 0 Å². The van der Waals surface area contributed by atoms with Gasteiger partial charge in [0.1, 0.15) is 0 Å². The van der Waals surface area contributed by atoms with Crippen molar-refractivity contribution < 1.29 is 0 Å². The molecule has 3 heteroatoms. The maximum absolute atomic E-state index is 5.79. The first-order valence-corrected chi connectivity index (χ1v) is 7.19. The maximum Gasteiger partial charge on any atom is 0.0726 e. The molecule has 0 bridgehead atoms. The summed E-state index contributed by atoms with van der Waals surface area (Å²) in [4.78, 5) is 7.17. The fourth-order valence-corrected chi connectivity index (χ4v) is 2.68. The van der Waals surface area contributed by atoms with Crippen molar-refractivity contribution in [2.24, 2.45) is 5.73 Å². The number of aromatic nitrogens is 1. The normalized spacial score (nSPS) is 14.8. The summed E-state index contributed by atoms with van der Waals surface area (Å²) in [5.74, 6) is 0. The van der Waals surface area contributed by atoms with Gasteiger partial charge in [-0.1, -0.05) is 25.1 Å².